The first-order valence-corrected chi connectivity index (χ1v) is 13.6. The van der Waals surface area contributed by atoms with Crippen molar-refractivity contribution in [3.8, 4) is 0 Å². The predicted molar refractivity (Wildman–Crippen MR) is 148 cm³/mol. The van der Waals surface area contributed by atoms with Crippen LogP contribution in [0.3, 0.4) is 0 Å². The van der Waals surface area contributed by atoms with Crippen LogP contribution in [0.2, 0.25) is 0 Å². The van der Waals surface area contributed by atoms with Gasteiger partial charge in [0.2, 0.25) is 0 Å². The third-order valence-electron chi connectivity index (χ3n) is 5.10. The minimum atomic E-state index is -1.21. The zero-order valence-electron chi connectivity index (χ0n) is 17.9. The standard InChI is InChI=1S/C20H26I3N3O8/c21-14-12(18(32)24-5-9(29)7-27)15(22)17(26-4-2-1-3-11(31)20(26)34)16(23)13(14)19(33)25-6-10(30)8-28/h9-11,27-31H,1-8H2,(H,24,32)(H,25,33). The molecule has 7 N–H and O–H groups in total. The Bertz CT molecular complexity index is 880. The van der Waals surface area contributed by atoms with Crippen molar-refractivity contribution in [3.05, 3.63) is 21.8 Å². The molecule has 0 radical (unpaired) electrons. The first-order valence-electron chi connectivity index (χ1n) is 10.4. The van der Waals surface area contributed by atoms with Crippen molar-refractivity contribution < 1.29 is 39.9 Å². The molecule has 0 aromatic heterocycles. The second-order valence-electron chi connectivity index (χ2n) is 7.63. The number of aliphatic hydroxyl groups is 5. The highest BCUT2D eigenvalue weighted by molar-refractivity contribution is 14.1. The number of nitrogens with zero attached hydrogens (tertiary/aromatic N) is 1. The summed E-state index contributed by atoms with van der Waals surface area (Å²) >= 11 is 5.69. The van der Waals surface area contributed by atoms with Gasteiger partial charge in [-0.25, -0.2) is 0 Å². The van der Waals surface area contributed by atoms with Gasteiger partial charge < -0.3 is 41.1 Å². The van der Waals surface area contributed by atoms with E-state index < -0.39 is 49.2 Å². The maximum atomic E-state index is 13.1. The van der Waals surface area contributed by atoms with Gasteiger partial charge in [0.15, 0.2) is 0 Å². The Kier molecular flexibility index (Phi) is 12.1. The molecule has 11 nitrogen and oxygen atoms in total. The van der Waals surface area contributed by atoms with Gasteiger partial charge in [0.25, 0.3) is 17.7 Å². The van der Waals surface area contributed by atoms with Crippen LogP contribution >= 0.6 is 67.8 Å². The van der Waals surface area contributed by atoms with Gasteiger partial charge in [0.05, 0.1) is 49.4 Å². The van der Waals surface area contributed by atoms with E-state index in [1.807, 2.05) is 67.8 Å². The lowest BCUT2D eigenvalue weighted by Crippen LogP contribution is -2.41. The second-order valence-corrected chi connectivity index (χ2v) is 10.9. The van der Waals surface area contributed by atoms with E-state index >= 15 is 0 Å². The van der Waals surface area contributed by atoms with E-state index in [9.17, 15) is 29.7 Å². The average molecular weight is 817 g/mol. The number of carbonyl (C=O) groups excluding carboxylic acids is 3. The molecule has 34 heavy (non-hydrogen) atoms. The second kappa shape index (κ2) is 13.8. The van der Waals surface area contributed by atoms with Gasteiger partial charge in [0.1, 0.15) is 6.10 Å². The first kappa shape index (κ1) is 29.8. The fourth-order valence-corrected chi connectivity index (χ4v) is 7.98. The zero-order chi connectivity index (χ0) is 25.6. The largest absolute Gasteiger partial charge is 0.394 e. The number of hydrogen-bond donors (Lipinski definition) is 7. The fraction of sp³-hybridized carbons (Fsp3) is 0.550. The molecule has 1 aromatic rings. The average Bonchev–Trinajstić information content (AvgIpc) is 2.96. The maximum Gasteiger partial charge on any atom is 0.255 e. The molecule has 2 rings (SSSR count). The number of nitrogens with one attached hydrogen (secondary N) is 2. The molecule has 14 heteroatoms. The number of aliphatic hydroxyl groups excluding tert-OH is 5. The minimum Gasteiger partial charge on any atom is -0.394 e. The molecular weight excluding hydrogens is 791 g/mol. The van der Waals surface area contributed by atoms with Crippen molar-refractivity contribution in [2.24, 2.45) is 0 Å². The van der Waals surface area contributed by atoms with Gasteiger partial charge in [-0.3, -0.25) is 14.4 Å². The highest BCUT2D eigenvalue weighted by Crippen LogP contribution is 2.39. The Labute approximate surface area is 237 Å². The predicted octanol–water partition coefficient (Wildman–Crippen LogP) is -0.456. The monoisotopic (exact) mass is 817 g/mol. The Balaban J connectivity index is 2.65. The highest BCUT2D eigenvalue weighted by Gasteiger charge is 2.34. The van der Waals surface area contributed by atoms with Crippen molar-refractivity contribution >= 4 is 91.2 Å². The van der Waals surface area contributed by atoms with Crippen LogP contribution in [0, 0.1) is 10.7 Å². The molecule has 1 aromatic carbocycles. The Morgan fingerprint density at radius 3 is 1.82 bits per heavy atom. The van der Waals surface area contributed by atoms with E-state index in [0.29, 0.717) is 32.1 Å². The van der Waals surface area contributed by atoms with E-state index in [0.717, 1.165) is 0 Å². The zero-order valence-corrected chi connectivity index (χ0v) is 24.4. The number of carbonyl (C=O) groups is 3. The summed E-state index contributed by atoms with van der Waals surface area (Å²) in [5.74, 6) is -1.77. The molecule has 0 spiro atoms. The van der Waals surface area contributed by atoms with Gasteiger partial charge in [-0.2, -0.15) is 0 Å². The van der Waals surface area contributed by atoms with Crippen molar-refractivity contribution in [3.63, 3.8) is 0 Å². The molecule has 1 aliphatic heterocycles. The lowest BCUT2D eigenvalue weighted by molar-refractivity contribution is -0.126. The summed E-state index contributed by atoms with van der Waals surface area (Å²) < 4.78 is 1.05. The Morgan fingerprint density at radius 2 is 1.38 bits per heavy atom. The van der Waals surface area contributed by atoms with Gasteiger partial charge in [-0.1, -0.05) is 0 Å². The van der Waals surface area contributed by atoms with Gasteiger partial charge in [0, 0.05) is 23.2 Å². The fourth-order valence-electron chi connectivity index (χ4n) is 3.26. The molecule has 0 saturated carbocycles. The summed E-state index contributed by atoms with van der Waals surface area (Å²) in [7, 11) is 0. The van der Waals surface area contributed by atoms with Crippen molar-refractivity contribution in [1.29, 1.82) is 0 Å². The van der Waals surface area contributed by atoms with Crippen LogP contribution in [0.4, 0.5) is 5.69 Å². The molecule has 1 heterocycles. The van der Waals surface area contributed by atoms with Crippen LogP contribution in [-0.4, -0.2) is 94.4 Å². The summed E-state index contributed by atoms with van der Waals surface area (Å²) in [6.07, 6.45) is -1.98. The van der Waals surface area contributed by atoms with E-state index in [4.69, 9.17) is 10.2 Å². The van der Waals surface area contributed by atoms with E-state index in [1.165, 1.54) is 4.90 Å². The quantitative estimate of drug-likeness (QED) is 0.164. The molecule has 190 valence electrons. The Hall–Kier alpha value is -0.380. The third kappa shape index (κ3) is 7.10. The highest BCUT2D eigenvalue weighted by atomic mass is 127. The van der Waals surface area contributed by atoms with Crippen LogP contribution < -0.4 is 15.5 Å². The number of benzene rings is 1. The first-order chi connectivity index (χ1) is 16.0. The van der Waals surface area contributed by atoms with Crippen molar-refractivity contribution in [1.82, 2.24) is 10.6 Å². The van der Waals surface area contributed by atoms with Crippen LogP contribution in [0.5, 0.6) is 0 Å². The lowest BCUT2D eigenvalue weighted by Gasteiger charge is -2.28. The molecule has 3 unspecified atom stereocenters. The molecule has 0 bridgehead atoms. The van der Waals surface area contributed by atoms with Gasteiger partial charge >= 0.3 is 0 Å². The third-order valence-corrected chi connectivity index (χ3v) is 8.28. The van der Waals surface area contributed by atoms with Crippen LogP contribution in [0.15, 0.2) is 0 Å². The smallest absolute Gasteiger partial charge is 0.255 e. The summed E-state index contributed by atoms with van der Waals surface area (Å²) in [4.78, 5) is 40.5. The molecule has 1 aliphatic rings. The van der Waals surface area contributed by atoms with Crippen LogP contribution in [0.25, 0.3) is 0 Å². The van der Waals surface area contributed by atoms with Crippen molar-refractivity contribution in [2.75, 3.05) is 37.7 Å². The summed E-state index contributed by atoms with van der Waals surface area (Å²) in [6, 6.07) is 0. The SMILES string of the molecule is O=C(NCC(O)CO)c1c(I)c(C(=O)NCC(O)CO)c(I)c(N2CCCCC(O)C2=O)c1I. The van der Waals surface area contributed by atoms with Crippen molar-refractivity contribution in [2.45, 2.75) is 37.6 Å². The van der Waals surface area contributed by atoms with Gasteiger partial charge in [-0.05, 0) is 87.0 Å². The molecule has 3 amide bonds. The number of amides is 3. The lowest BCUT2D eigenvalue weighted by atomic mass is 10.1. The molecular formula is C20H26I3N3O8. The number of hydrogen-bond acceptors (Lipinski definition) is 8. The molecule has 1 saturated heterocycles. The van der Waals surface area contributed by atoms with Gasteiger partial charge in [-0.15, -0.1) is 0 Å². The molecule has 3 atom stereocenters. The number of anilines is 1. The maximum absolute atomic E-state index is 13.1. The number of halogens is 3. The van der Waals surface area contributed by atoms with E-state index in [1.54, 1.807) is 0 Å². The van der Waals surface area contributed by atoms with Crippen LogP contribution in [0.1, 0.15) is 40.0 Å². The van der Waals surface area contributed by atoms with E-state index in [-0.39, 0.29) is 34.3 Å². The minimum absolute atomic E-state index is 0.0983. The number of rotatable bonds is 9. The molecule has 1 fully saturated rings. The summed E-state index contributed by atoms with van der Waals surface area (Å²) in [6.45, 7) is -1.26. The molecule has 0 aliphatic carbocycles. The van der Waals surface area contributed by atoms with E-state index in [2.05, 4.69) is 10.6 Å². The summed E-state index contributed by atoms with van der Waals surface area (Å²) in [5.41, 5.74) is 0.510. The Morgan fingerprint density at radius 1 is 0.912 bits per heavy atom. The normalized spacial score (nSPS) is 18.3. The summed E-state index contributed by atoms with van der Waals surface area (Å²) in [5, 5.41) is 52.6. The topological polar surface area (TPSA) is 180 Å². The van der Waals surface area contributed by atoms with Crippen LogP contribution in [-0.2, 0) is 4.79 Å².